The second-order valence-electron chi connectivity index (χ2n) is 5.57. The van der Waals surface area contributed by atoms with E-state index in [1.165, 1.54) is 10.8 Å². The summed E-state index contributed by atoms with van der Waals surface area (Å²) in [6.45, 7) is 8.48. The average molecular weight is 322 g/mol. The Balaban J connectivity index is 2.41. The summed E-state index contributed by atoms with van der Waals surface area (Å²) in [5, 5.41) is 12.2. The van der Waals surface area contributed by atoms with Crippen molar-refractivity contribution in [1.82, 2.24) is 0 Å². The summed E-state index contributed by atoms with van der Waals surface area (Å²) < 4.78 is 0. The normalized spacial score (nSPS) is 12.9. The first-order valence-corrected chi connectivity index (χ1v) is 9.97. The van der Waals surface area contributed by atoms with Crippen molar-refractivity contribution in [3.05, 3.63) is 93.7 Å². The lowest BCUT2D eigenvalue weighted by Crippen LogP contribution is -2.13. The minimum atomic E-state index is -0.699. The standard InChI is InChI=1S/C19H20NO2Si/c1-4-18(16-10-12-17(13-11-16)20(21)22)19(23(2)3)14-15-8-6-5-7-9-15/h4-14,18H,1H2,2-3H3/b19-14-/t18-/m1/s1. The first-order chi connectivity index (χ1) is 11.0. The Bertz CT molecular complexity index is 706. The zero-order valence-corrected chi connectivity index (χ0v) is 14.4. The van der Waals surface area contributed by atoms with E-state index in [0.29, 0.717) is 0 Å². The maximum atomic E-state index is 10.8. The van der Waals surface area contributed by atoms with Crippen LogP contribution in [0.5, 0.6) is 0 Å². The van der Waals surface area contributed by atoms with Crippen LogP contribution in [0.2, 0.25) is 13.1 Å². The van der Waals surface area contributed by atoms with E-state index < -0.39 is 8.80 Å². The summed E-state index contributed by atoms with van der Waals surface area (Å²) in [6, 6.07) is 17.0. The quantitative estimate of drug-likeness (QED) is 0.316. The molecule has 1 radical (unpaired) electrons. The van der Waals surface area contributed by atoms with Crippen LogP contribution in [0.25, 0.3) is 6.08 Å². The number of allylic oxidation sites excluding steroid dienone is 2. The van der Waals surface area contributed by atoms with Gasteiger partial charge in [0.05, 0.1) is 13.7 Å². The van der Waals surface area contributed by atoms with Crippen molar-refractivity contribution in [2.24, 2.45) is 0 Å². The van der Waals surface area contributed by atoms with E-state index in [1.54, 1.807) is 12.1 Å². The summed E-state index contributed by atoms with van der Waals surface area (Å²) in [7, 11) is -0.699. The molecule has 117 valence electrons. The van der Waals surface area contributed by atoms with Crippen LogP contribution in [0.4, 0.5) is 5.69 Å². The minimum Gasteiger partial charge on any atom is -0.258 e. The number of non-ortho nitro benzene ring substituents is 1. The van der Waals surface area contributed by atoms with E-state index in [0.717, 1.165) is 5.56 Å². The summed E-state index contributed by atoms with van der Waals surface area (Å²) in [5.41, 5.74) is 2.32. The van der Waals surface area contributed by atoms with Gasteiger partial charge in [-0.05, 0) is 11.1 Å². The average Bonchev–Trinajstić information content (AvgIpc) is 2.56. The van der Waals surface area contributed by atoms with Gasteiger partial charge in [-0.2, -0.15) is 0 Å². The second-order valence-corrected chi connectivity index (χ2v) is 8.15. The van der Waals surface area contributed by atoms with Gasteiger partial charge < -0.3 is 0 Å². The van der Waals surface area contributed by atoms with Gasteiger partial charge in [0.1, 0.15) is 0 Å². The van der Waals surface area contributed by atoms with E-state index in [4.69, 9.17) is 0 Å². The van der Waals surface area contributed by atoms with E-state index in [2.05, 4.69) is 37.9 Å². The molecule has 3 nitrogen and oxygen atoms in total. The van der Waals surface area contributed by atoms with E-state index in [-0.39, 0.29) is 16.5 Å². The number of nitro groups is 1. The van der Waals surface area contributed by atoms with Crippen molar-refractivity contribution in [2.45, 2.75) is 19.0 Å². The first kappa shape index (κ1) is 16.9. The molecule has 0 unspecified atom stereocenters. The molecular formula is C19H20NO2Si. The lowest BCUT2D eigenvalue weighted by molar-refractivity contribution is -0.384. The first-order valence-electron chi connectivity index (χ1n) is 7.47. The fraction of sp³-hybridized carbons (Fsp3) is 0.158. The highest BCUT2D eigenvalue weighted by atomic mass is 28.3. The lowest BCUT2D eigenvalue weighted by Gasteiger charge is -2.20. The van der Waals surface area contributed by atoms with Crippen LogP contribution in [0.3, 0.4) is 0 Å². The van der Waals surface area contributed by atoms with Gasteiger partial charge in [-0.15, -0.1) is 6.58 Å². The number of nitrogens with zero attached hydrogens (tertiary/aromatic N) is 1. The number of hydrogen-bond acceptors (Lipinski definition) is 2. The third kappa shape index (κ3) is 4.26. The third-order valence-corrected chi connectivity index (χ3v) is 5.34. The Morgan fingerprint density at radius 1 is 1.13 bits per heavy atom. The van der Waals surface area contributed by atoms with Crippen molar-refractivity contribution in [3.8, 4) is 0 Å². The van der Waals surface area contributed by atoms with Gasteiger partial charge in [-0.3, -0.25) is 10.1 Å². The zero-order valence-electron chi connectivity index (χ0n) is 13.4. The van der Waals surface area contributed by atoms with Gasteiger partial charge in [0.2, 0.25) is 0 Å². The molecule has 0 aliphatic carbocycles. The zero-order chi connectivity index (χ0) is 16.8. The summed E-state index contributed by atoms with van der Waals surface area (Å²) in [5.74, 6) is 0.0832. The van der Waals surface area contributed by atoms with Gasteiger partial charge in [0, 0.05) is 18.1 Å². The monoisotopic (exact) mass is 322 g/mol. The molecule has 0 aromatic heterocycles. The molecule has 0 aliphatic rings. The van der Waals surface area contributed by atoms with Crippen molar-refractivity contribution in [2.75, 3.05) is 0 Å². The molecular weight excluding hydrogens is 302 g/mol. The molecule has 0 amide bonds. The molecule has 23 heavy (non-hydrogen) atoms. The molecule has 0 aliphatic heterocycles. The minimum absolute atomic E-state index is 0.0832. The SMILES string of the molecule is C=C[C@@H](/C(=C/c1ccccc1)[Si](C)C)c1ccc([N+](=O)[O-])cc1. The van der Waals surface area contributed by atoms with Gasteiger partial charge in [0.15, 0.2) is 0 Å². The smallest absolute Gasteiger partial charge is 0.258 e. The van der Waals surface area contributed by atoms with Gasteiger partial charge in [0.25, 0.3) is 5.69 Å². The lowest BCUT2D eigenvalue weighted by atomic mass is 9.97. The summed E-state index contributed by atoms with van der Waals surface area (Å²) in [6.07, 6.45) is 4.15. The largest absolute Gasteiger partial charge is 0.269 e. The molecule has 0 heterocycles. The van der Waals surface area contributed by atoms with Crippen molar-refractivity contribution >= 4 is 20.6 Å². The molecule has 2 rings (SSSR count). The highest BCUT2D eigenvalue weighted by molar-refractivity contribution is 6.65. The molecule has 2 aromatic carbocycles. The summed E-state index contributed by atoms with van der Waals surface area (Å²) in [4.78, 5) is 10.4. The van der Waals surface area contributed by atoms with Crippen LogP contribution < -0.4 is 0 Å². The third-order valence-electron chi connectivity index (χ3n) is 3.73. The Morgan fingerprint density at radius 3 is 2.22 bits per heavy atom. The molecule has 0 saturated carbocycles. The number of rotatable bonds is 6. The molecule has 1 atom stereocenters. The Labute approximate surface area is 138 Å². The summed E-state index contributed by atoms with van der Waals surface area (Å²) >= 11 is 0. The Kier molecular flexibility index (Phi) is 5.65. The van der Waals surface area contributed by atoms with Crippen LogP contribution >= 0.6 is 0 Å². The van der Waals surface area contributed by atoms with Crippen LogP contribution in [-0.4, -0.2) is 13.7 Å². The van der Waals surface area contributed by atoms with Crippen LogP contribution in [0.15, 0.2) is 72.4 Å². The predicted octanol–water partition coefficient (Wildman–Crippen LogP) is 5.24. The number of nitro benzene ring substituents is 1. The fourth-order valence-electron chi connectivity index (χ4n) is 2.52. The Hall–Kier alpha value is -2.46. The van der Waals surface area contributed by atoms with Crippen LogP contribution in [-0.2, 0) is 0 Å². The molecule has 0 N–H and O–H groups in total. The second kappa shape index (κ2) is 7.69. The highest BCUT2D eigenvalue weighted by Gasteiger charge is 2.18. The maximum Gasteiger partial charge on any atom is 0.269 e. The predicted molar refractivity (Wildman–Crippen MR) is 97.9 cm³/mol. The van der Waals surface area contributed by atoms with Crippen LogP contribution in [0, 0.1) is 10.1 Å². The van der Waals surface area contributed by atoms with E-state index in [9.17, 15) is 10.1 Å². The molecule has 0 fully saturated rings. The van der Waals surface area contributed by atoms with Crippen molar-refractivity contribution in [1.29, 1.82) is 0 Å². The maximum absolute atomic E-state index is 10.8. The molecule has 0 saturated heterocycles. The van der Waals surface area contributed by atoms with Crippen molar-refractivity contribution < 1.29 is 4.92 Å². The molecule has 0 bridgehead atoms. The topological polar surface area (TPSA) is 43.1 Å². The van der Waals surface area contributed by atoms with E-state index >= 15 is 0 Å². The molecule has 4 heteroatoms. The number of hydrogen-bond donors (Lipinski definition) is 0. The van der Waals surface area contributed by atoms with Gasteiger partial charge in [-0.1, -0.05) is 72.9 Å². The highest BCUT2D eigenvalue weighted by Crippen LogP contribution is 2.30. The molecule has 2 aromatic rings. The van der Waals surface area contributed by atoms with Gasteiger partial charge in [-0.25, -0.2) is 0 Å². The fourth-order valence-corrected chi connectivity index (χ4v) is 3.88. The van der Waals surface area contributed by atoms with E-state index in [1.807, 2.05) is 36.4 Å². The van der Waals surface area contributed by atoms with Crippen molar-refractivity contribution in [3.63, 3.8) is 0 Å². The molecule has 0 spiro atoms. The van der Waals surface area contributed by atoms with Crippen LogP contribution in [0.1, 0.15) is 17.0 Å². The number of benzene rings is 2. The van der Waals surface area contributed by atoms with Gasteiger partial charge >= 0.3 is 0 Å². The Morgan fingerprint density at radius 2 is 1.74 bits per heavy atom.